The quantitative estimate of drug-likeness (QED) is 0.470. The third-order valence-electron chi connectivity index (χ3n) is 1.67. The van der Waals surface area contributed by atoms with Crippen molar-refractivity contribution < 1.29 is 0 Å². The summed E-state index contributed by atoms with van der Waals surface area (Å²) in [5, 5.41) is 0. The van der Waals surface area contributed by atoms with Crippen LogP contribution in [-0.4, -0.2) is 0 Å². The molecular weight excluding hydrogens is 120 g/mol. The average molecular weight is 129 g/mol. The molecule has 0 saturated heterocycles. The topological polar surface area (TPSA) is 0 Å². The van der Waals surface area contributed by atoms with Crippen LogP contribution in [0, 0.1) is 32.3 Å². The van der Waals surface area contributed by atoms with Gasteiger partial charge in [-0.05, 0) is 31.0 Å². The lowest BCUT2D eigenvalue weighted by molar-refractivity contribution is 1.32. The minimum Gasteiger partial charge on any atom is -0.115 e. The zero-order valence-corrected chi connectivity index (χ0v) is 6.23. The molecule has 0 aliphatic heterocycles. The second-order valence-electron chi connectivity index (χ2n) is 2.31. The summed E-state index contributed by atoms with van der Waals surface area (Å²) in [6.45, 7) is 4.06. The first-order valence-electron chi connectivity index (χ1n) is 3.20. The van der Waals surface area contributed by atoms with E-state index < -0.39 is 0 Å². The van der Waals surface area contributed by atoms with Crippen LogP contribution in [0.4, 0.5) is 0 Å². The fourth-order valence-electron chi connectivity index (χ4n) is 0.830. The molecule has 0 saturated carbocycles. The highest BCUT2D eigenvalue weighted by Crippen LogP contribution is 2.09. The first kappa shape index (κ1) is 6.89. The summed E-state index contributed by atoms with van der Waals surface area (Å²) >= 11 is 0. The summed E-state index contributed by atoms with van der Waals surface area (Å²) in [5.41, 5.74) is 3.26. The Bertz CT molecular complexity index is 277. The van der Waals surface area contributed by atoms with Gasteiger partial charge in [-0.3, -0.25) is 0 Å². The maximum absolute atomic E-state index is 5.24. The van der Waals surface area contributed by atoms with Crippen LogP contribution in [0.5, 0.6) is 0 Å². The van der Waals surface area contributed by atoms with E-state index in [0.29, 0.717) is 0 Å². The van der Waals surface area contributed by atoms with E-state index in [9.17, 15) is 0 Å². The van der Waals surface area contributed by atoms with Crippen molar-refractivity contribution in [3.8, 4) is 12.3 Å². The van der Waals surface area contributed by atoms with E-state index in [1.54, 1.807) is 0 Å². The van der Waals surface area contributed by atoms with Gasteiger partial charge < -0.3 is 0 Å². The summed E-state index contributed by atoms with van der Waals surface area (Å²) in [5.74, 6) is 2.58. The highest BCUT2D eigenvalue weighted by Gasteiger charge is 1.95. The number of hydrogen-bond donors (Lipinski definition) is 0. The molecule has 0 fully saturated rings. The van der Waals surface area contributed by atoms with Crippen molar-refractivity contribution >= 4 is 0 Å². The minimum absolute atomic E-state index is 0.875. The third-order valence-corrected chi connectivity index (χ3v) is 1.67. The van der Waals surface area contributed by atoms with Gasteiger partial charge in [0.25, 0.3) is 0 Å². The molecule has 0 heterocycles. The monoisotopic (exact) mass is 129 g/mol. The van der Waals surface area contributed by atoms with E-state index in [1.807, 2.05) is 26.0 Å². The first-order chi connectivity index (χ1) is 4.75. The second-order valence-corrected chi connectivity index (χ2v) is 2.31. The normalized spacial score (nSPS) is 8.90. The van der Waals surface area contributed by atoms with Crippen LogP contribution in [0.2, 0.25) is 0 Å². The molecule has 0 atom stereocenters. The molecule has 10 heavy (non-hydrogen) atoms. The molecule has 0 bridgehead atoms. The van der Waals surface area contributed by atoms with Crippen molar-refractivity contribution in [2.24, 2.45) is 0 Å². The highest BCUT2D eigenvalue weighted by molar-refractivity contribution is 5.42. The zero-order chi connectivity index (χ0) is 7.56. The standard InChI is InChI=1S/C10H9/c1-4-10-7-5-6-8(2)9(10)3/h1,5-6H,2-3H3. The Hall–Kier alpha value is -1.22. The average Bonchev–Trinajstić information content (AvgIpc) is 1.95. The molecule has 0 heteroatoms. The number of terminal acetylenes is 1. The molecule has 0 nitrogen and oxygen atoms in total. The fraction of sp³-hybridized carbons (Fsp3) is 0.200. The van der Waals surface area contributed by atoms with E-state index in [2.05, 4.69) is 12.0 Å². The first-order valence-corrected chi connectivity index (χ1v) is 3.20. The van der Waals surface area contributed by atoms with Crippen LogP contribution in [0.15, 0.2) is 12.1 Å². The van der Waals surface area contributed by atoms with Gasteiger partial charge in [0.2, 0.25) is 0 Å². The van der Waals surface area contributed by atoms with Crippen LogP contribution >= 0.6 is 0 Å². The molecule has 0 N–H and O–H groups in total. The summed E-state index contributed by atoms with van der Waals surface area (Å²) in [6.07, 6.45) is 5.24. The van der Waals surface area contributed by atoms with Crippen LogP contribution in [0.3, 0.4) is 0 Å². The summed E-state index contributed by atoms with van der Waals surface area (Å²) in [7, 11) is 0. The lowest BCUT2D eigenvalue weighted by Crippen LogP contribution is -1.85. The summed E-state index contributed by atoms with van der Waals surface area (Å²) in [6, 6.07) is 6.86. The molecule has 1 aromatic rings. The number of benzene rings is 1. The van der Waals surface area contributed by atoms with E-state index >= 15 is 0 Å². The van der Waals surface area contributed by atoms with Crippen molar-refractivity contribution in [2.75, 3.05) is 0 Å². The van der Waals surface area contributed by atoms with Crippen molar-refractivity contribution in [1.29, 1.82) is 0 Å². The molecule has 0 aliphatic rings. The number of rotatable bonds is 0. The zero-order valence-electron chi connectivity index (χ0n) is 6.23. The van der Waals surface area contributed by atoms with E-state index in [0.717, 1.165) is 11.1 Å². The largest absolute Gasteiger partial charge is 0.115 e. The molecular formula is C10H9. The Morgan fingerprint density at radius 1 is 1.50 bits per heavy atom. The Morgan fingerprint density at radius 3 is 2.70 bits per heavy atom. The van der Waals surface area contributed by atoms with Gasteiger partial charge in [-0.15, -0.1) is 6.42 Å². The second kappa shape index (κ2) is 2.58. The molecule has 0 spiro atoms. The number of hydrogen-bond acceptors (Lipinski definition) is 0. The van der Waals surface area contributed by atoms with Gasteiger partial charge in [-0.1, -0.05) is 18.1 Å². The van der Waals surface area contributed by atoms with Crippen LogP contribution in [0.25, 0.3) is 0 Å². The maximum atomic E-state index is 5.24. The SMILES string of the molecule is C#Cc1[c]ccc(C)c1C. The number of aryl methyl sites for hydroxylation is 1. The van der Waals surface area contributed by atoms with Crippen LogP contribution in [-0.2, 0) is 0 Å². The molecule has 0 amide bonds. The minimum atomic E-state index is 0.875. The van der Waals surface area contributed by atoms with E-state index in [1.165, 1.54) is 5.56 Å². The van der Waals surface area contributed by atoms with Gasteiger partial charge in [0.05, 0.1) is 0 Å². The Kier molecular flexibility index (Phi) is 1.78. The smallest absolute Gasteiger partial charge is 0.0353 e. The van der Waals surface area contributed by atoms with Gasteiger partial charge in [-0.2, -0.15) is 0 Å². The summed E-state index contributed by atoms with van der Waals surface area (Å²) < 4.78 is 0. The summed E-state index contributed by atoms with van der Waals surface area (Å²) in [4.78, 5) is 0. The molecule has 0 aromatic heterocycles. The molecule has 0 aliphatic carbocycles. The fourth-order valence-corrected chi connectivity index (χ4v) is 0.830. The highest BCUT2D eigenvalue weighted by atomic mass is 14.0. The Morgan fingerprint density at radius 2 is 2.20 bits per heavy atom. The molecule has 1 aromatic carbocycles. The maximum Gasteiger partial charge on any atom is 0.0353 e. The van der Waals surface area contributed by atoms with Crippen molar-refractivity contribution in [2.45, 2.75) is 13.8 Å². The van der Waals surface area contributed by atoms with E-state index in [4.69, 9.17) is 6.42 Å². The Labute approximate surface area is 61.9 Å². The predicted molar refractivity (Wildman–Crippen MR) is 42.7 cm³/mol. The lowest BCUT2D eigenvalue weighted by Gasteiger charge is -1.99. The van der Waals surface area contributed by atoms with Gasteiger partial charge in [0.15, 0.2) is 0 Å². The molecule has 1 rings (SSSR count). The van der Waals surface area contributed by atoms with Crippen molar-refractivity contribution in [3.63, 3.8) is 0 Å². The third kappa shape index (κ3) is 1.04. The predicted octanol–water partition coefficient (Wildman–Crippen LogP) is 2.08. The van der Waals surface area contributed by atoms with Gasteiger partial charge >= 0.3 is 0 Å². The molecule has 1 radical (unpaired) electrons. The van der Waals surface area contributed by atoms with Gasteiger partial charge in [0.1, 0.15) is 0 Å². The lowest BCUT2D eigenvalue weighted by atomic mass is 10.0. The molecule has 0 unspecified atom stereocenters. The van der Waals surface area contributed by atoms with Gasteiger partial charge in [-0.25, -0.2) is 0 Å². The van der Waals surface area contributed by atoms with E-state index in [-0.39, 0.29) is 0 Å². The van der Waals surface area contributed by atoms with Gasteiger partial charge in [0, 0.05) is 5.56 Å². The van der Waals surface area contributed by atoms with Crippen LogP contribution in [0.1, 0.15) is 16.7 Å². The molecule has 49 valence electrons. The Balaban J connectivity index is 3.31. The van der Waals surface area contributed by atoms with Crippen LogP contribution < -0.4 is 0 Å². The van der Waals surface area contributed by atoms with Crippen molar-refractivity contribution in [3.05, 3.63) is 34.9 Å². The van der Waals surface area contributed by atoms with Crippen molar-refractivity contribution in [1.82, 2.24) is 0 Å².